The molecule has 0 unspecified atom stereocenters. The van der Waals surface area contributed by atoms with Gasteiger partial charge in [0.05, 0.1) is 25.6 Å². The zero-order chi connectivity index (χ0) is 43.9. The Kier molecular flexibility index (Phi) is 13.2. The number of ether oxygens (including phenoxy) is 2. The first kappa shape index (κ1) is 43.0. The summed E-state index contributed by atoms with van der Waals surface area (Å²) in [4.78, 5) is 23.2. The first-order valence-corrected chi connectivity index (χ1v) is 20.5. The summed E-state index contributed by atoms with van der Waals surface area (Å²) >= 11 is 9.68. The molecule has 4 aromatic carbocycles. The Balaban J connectivity index is 0.000000186. The Bertz CT molecular complexity index is 2660. The Morgan fingerprint density at radius 3 is 1.52 bits per heavy atom. The van der Waals surface area contributed by atoms with E-state index >= 15 is 0 Å². The minimum absolute atomic E-state index is 0.450. The molecule has 4 heterocycles. The maximum atomic E-state index is 11.6. The van der Waals surface area contributed by atoms with E-state index in [-0.39, 0.29) is 0 Å². The van der Waals surface area contributed by atoms with Crippen LogP contribution in [-0.4, -0.2) is 76.4 Å². The number of primary amides is 2. The zero-order valence-electron chi connectivity index (χ0n) is 34.2. The van der Waals surface area contributed by atoms with Crippen LogP contribution in [0, 0.1) is 13.8 Å². The van der Waals surface area contributed by atoms with Crippen molar-refractivity contribution in [3.05, 3.63) is 152 Å². The minimum Gasteiger partial charge on any atom is -0.496 e. The Labute approximate surface area is 369 Å². The number of aryl methyl sites for hydroxylation is 6. The number of aromatic amines is 2. The molecule has 0 fully saturated rings. The van der Waals surface area contributed by atoms with Crippen LogP contribution in [0.3, 0.4) is 0 Å². The van der Waals surface area contributed by atoms with Crippen molar-refractivity contribution in [2.24, 2.45) is 11.5 Å². The zero-order valence-corrected chi connectivity index (χ0v) is 36.5. The lowest BCUT2D eigenvalue weighted by Gasteiger charge is -2.18. The molecule has 2 amide bonds. The summed E-state index contributed by atoms with van der Waals surface area (Å²) in [6.45, 7) is 3.92. The van der Waals surface area contributed by atoms with Crippen molar-refractivity contribution < 1.29 is 19.1 Å². The average molecular weight is 918 g/mol. The summed E-state index contributed by atoms with van der Waals surface area (Å²) < 4.78 is 16.5. The molecule has 0 saturated heterocycles. The lowest BCUT2D eigenvalue weighted by atomic mass is 10.1. The van der Waals surface area contributed by atoms with Crippen molar-refractivity contribution in [3.63, 3.8) is 0 Å². The molecule has 0 atom stereocenters. The van der Waals surface area contributed by atoms with Crippen LogP contribution in [0.25, 0.3) is 33.9 Å². The molecule has 0 bridgehead atoms. The highest BCUT2D eigenvalue weighted by Crippen LogP contribution is 2.38. The molecule has 6 N–H and O–H groups in total. The molecule has 0 aliphatic carbocycles. The number of benzene rings is 4. The van der Waals surface area contributed by atoms with E-state index in [0.717, 1.165) is 66.6 Å². The molecule has 0 radical (unpaired) electrons. The van der Waals surface area contributed by atoms with Crippen molar-refractivity contribution in [3.8, 4) is 45.4 Å². The van der Waals surface area contributed by atoms with Gasteiger partial charge in [0.15, 0.2) is 11.6 Å². The second kappa shape index (κ2) is 19.1. The molecule has 0 aliphatic heterocycles. The molecule has 0 saturated carbocycles. The van der Waals surface area contributed by atoms with Gasteiger partial charge in [0.2, 0.25) is 11.8 Å². The number of methoxy groups -OCH3 is 2. The van der Waals surface area contributed by atoms with Gasteiger partial charge in [0, 0.05) is 67.4 Å². The lowest BCUT2D eigenvalue weighted by Crippen LogP contribution is -2.12. The van der Waals surface area contributed by atoms with Gasteiger partial charge >= 0.3 is 0 Å². The van der Waals surface area contributed by atoms with Crippen LogP contribution in [-0.2, 0) is 25.7 Å². The Morgan fingerprint density at radius 1 is 0.629 bits per heavy atom. The molecule has 316 valence electrons. The normalized spacial score (nSPS) is 10.9. The van der Waals surface area contributed by atoms with Gasteiger partial charge in [-0.25, -0.2) is 0 Å². The number of hydrogen-bond donors (Lipinski definition) is 4. The highest BCUT2D eigenvalue weighted by molar-refractivity contribution is 9.10. The minimum atomic E-state index is -0.459. The van der Waals surface area contributed by atoms with E-state index in [1.807, 2.05) is 68.4 Å². The Hall–Kier alpha value is -7.11. The van der Waals surface area contributed by atoms with Crippen LogP contribution < -0.4 is 20.9 Å². The number of carbonyl (C=O) groups is 2. The van der Waals surface area contributed by atoms with E-state index in [2.05, 4.69) is 84.5 Å². The fourth-order valence-corrected chi connectivity index (χ4v) is 7.77. The summed E-state index contributed by atoms with van der Waals surface area (Å²) in [5, 5.41) is 29.0. The van der Waals surface area contributed by atoms with Crippen molar-refractivity contribution in [1.29, 1.82) is 0 Å². The van der Waals surface area contributed by atoms with E-state index in [4.69, 9.17) is 32.5 Å². The smallest absolute Gasteiger partial charge is 0.248 e. The van der Waals surface area contributed by atoms with Crippen LogP contribution in [0.4, 0.5) is 0 Å². The number of nitrogens with one attached hydrogen (secondary N) is 2. The SMILES string of the molecule is COc1cc(Br)ccc1-c1ccc(CCc2nn[nH]n2)n1-c1ccc(C(N)=O)cc1C.COc1cc(Cl)ccc1-c1ccc(CCc2nn[nH]n2)n1-c1ccc(C(N)=O)cc1C. The number of halogens is 2. The molecule has 8 rings (SSSR count). The number of aromatic nitrogens is 10. The summed E-state index contributed by atoms with van der Waals surface area (Å²) in [5.74, 6) is 1.80. The first-order chi connectivity index (χ1) is 29.9. The fourth-order valence-electron chi connectivity index (χ4n) is 7.27. The predicted molar refractivity (Wildman–Crippen MR) is 238 cm³/mol. The molecule has 16 nitrogen and oxygen atoms in total. The summed E-state index contributed by atoms with van der Waals surface area (Å²) in [7, 11) is 3.27. The lowest BCUT2D eigenvalue weighted by molar-refractivity contribution is 0.0992. The topological polar surface area (TPSA) is 223 Å². The molecule has 0 aliphatic rings. The van der Waals surface area contributed by atoms with Crippen LogP contribution >= 0.6 is 27.5 Å². The maximum Gasteiger partial charge on any atom is 0.248 e. The molecular weight excluding hydrogens is 876 g/mol. The summed E-state index contributed by atoms with van der Waals surface area (Å²) in [5.41, 5.74) is 21.5. The van der Waals surface area contributed by atoms with E-state index in [1.54, 1.807) is 38.5 Å². The molecule has 8 aromatic rings. The number of H-pyrrole nitrogens is 2. The number of nitrogens with two attached hydrogens (primary N) is 2. The van der Waals surface area contributed by atoms with Gasteiger partial charge in [-0.1, -0.05) is 38.0 Å². The number of amides is 2. The number of tetrazole rings is 2. The predicted octanol–water partition coefficient (Wildman–Crippen LogP) is 7.13. The molecule has 0 spiro atoms. The van der Waals surface area contributed by atoms with Crippen LogP contribution in [0.15, 0.2) is 102 Å². The number of carbonyl (C=O) groups excluding carboxylic acids is 2. The van der Waals surface area contributed by atoms with Gasteiger partial charge in [0.1, 0.15) is 11.5 Å². The van der Waals surface area contributed by atoms with Crippen molar-refractivity contribution in [2.75, 3.05) is 14.2 Å². The van der Waals surface area contributed by atoms with Crippen molar-refractivity contribution in [2.45, 2.75) is 39.5 Å². The molecular formula is C44H42BrClN12O4. The second-order valence-electron chi connectivity index (χ2n) is 14.2. The van der Waals surface area contributed by atoms with Crippen LogP contribution in [0.2, 0.25) is 5.02 Å². The number of hydrogen-bond acceptors (Lipinski definition) is 10. The highest BCUT2D eigenvalue weighted by Gasteiger charge is 2.20. The number of rotatable bonds is 14. The largest absolute Gasteiger partial charge is 0.496 e. The second-order valence-corrected chi connectivity index (χ2v) is 15.5. The maximum absolute atomic E-state index is 11.6. The molecule has 18 heteroatoms. The standard InChI is InChI=1S/C22H21BrN6O2.C22H21ClN6O2/c2*1-13-11-14(22(24)30)3-8-18(13)29-16(6-10-21-25-27-28-26-21)5-9-19(29)17-7-4-15(23)12-20(17)31-2/h2*3-5,7-9,11-12H,6,10H2,1-2H3,(H2,24,30)(H,25,26,27,28). The van der Waals surface area contributed by atoms with Crippen LogP contribution in [0.5, 0.6) is 11.5 Å². The van der Waals surface area contributed by atoms with Gasteiger partial charge in [-0.3, -0.25) is 9.59 Å². The van der Waals surface area contributed by atoms with Gasteiger partial charge in [-0.2, -0.15) is 10.4 Å². The van der Waals surface area contributed by atoms with Gasteiger partial charge in [-0.15, -0.1) is 20.4 Å². The summed E-state index contributed by atoms with van der Waals surface area (Å²) in [6.07, 6.45) is 2.65. The first-order valence-electron chi connectivity index (χ1n) is 19.3. The van der Waals surface area contributed by atoms with Crippen molar-refractivity contribution >= 4 is 39.3 Å². The molecule has 62 heavy (non-hydrogen) atoms. The van der Waals surface area contributed by atoms with Crippen LogP contribution in [0.1, 0.15) is 54.9 Å². The Morgan fingerprint density at radius 2 is 1.10 bits per heavy atom. The quantitative estimate of drug-likeness (QED) is 0.0864. The fraction of sp³-hybridized carbons (Fsp3) is 0.182. The van der Waals surface area contributed by atoms with Gasteiger partial charge in [-0.05, 0) is 135 Å². The third-order valence-corrected chi connectivity index (χ3v) is 11.0. The van der Waals surface area contributed by atoms with Gasteiger partial charge < -0.3 is 30.1 Å². The van der Waals surface area contributed by atoms with Crippen molar-refractivity contribution in [1.82, 2.24) is 50.4 Å². The van der Waals surface area contributed by atoms with E-state index in [1.165, 1.54) is 0 Å². The van der Waals surface area contributed by atoms with E-state index in [9.17, 15) is 9.59 Å². The average Bonchev–Trinajstić information content (AvgIpc) is 4.11. The summed E-state index contributed by atoms with van der Waals surface area (Å²) in [6, 6.07) is 30.6. The monoisotopic (exact) mass is 916 g/mol. The van der Waals surface area contributed by atoms with E-state index < -0.39 is 11.8 Å². The van der Waals surface area contributed by atoms with E-state index in [0.29, 0.717) is 59.2 Å². The molecule has 4 aromatic heterocycles. The van der Waals surface area contributed by atoms with Gasteiger partial charge in [0.25, 0.3) is 0 Å². The number of nitrogens with zero attached hydrogens (tertiary/aromatic N) is 8. The third kappa shape index (κ3) is 9.43. The highest BCUT2D eigenvalue weighted by atomic mass is 79.9. The third-order valence-electron chi connectivity index (χ3n) is 10.2.